The molecule has 1 aromatic rings. The predicted molar refractivity (Wildman–Crippen MR) is 53.8 cm³/mol. The molecular weight excluding hydrogens is 219 g/mol. The van der Waals surface area contributed by atoms with Crippen LogP contribution < -0.4 is 0 Å². The summed E-state index contributed by atoms with van der Waals surface area (Å²) in [7, 11) is 0. The van der Waals surface area contributed by atoms with Crippen LogP contribution in [0.5, 0.6) is 0 Å². The van der Waals surface area contributed by atoms with E-state index >= 15 is 0 Å². The Hall–Kier alpha value is -1.07. The first kappa shape index (κ1) is 13.0. The third-order valence-electron chi connectivity index (χ3n) is 2.16. The van der Waals surface area contributed by atoms with Crippen molar-refractivity contribution in [3.05, 3.63) is 11.9 Å². The van der Waals surface area contributed by atoms with E-state index < -0.39 is 11.9 Å². The van der Waals surface area contributed by atoms with Crippen molar-refractivity contribution in [1.29, 1.82) is 0 Å². The summed E-state index contributed by atoms with van der Waals surface area (Å²) in [6, 6.07) is -0.0939. The Labute approximate surface area is 92.6 Å². The van der Waals surface area contributed by atoms with E-state index in [2.05, 4.69) is 10.3 Å². The van der Waals surface area contributed by atoms with Gasteiger partial charge >= 0.3 is 6.18 Å². The molecular formula is C10H16F3N3. The van der Waals surface area contributed by atoms with Gasteiger partial charge in [0.2, 0.25) is 0 Å². The topological polar surface area (TPSA) is 30.7 Å². The highest BCUT2D eigenvalue weighted by Crippen LogP contribution is 2.30. The lowest BCUT2D eigenvalue weighted by Gasteiger charge is -2.22. The van der Waals surface area contributed by atoms with Crippen LogP contribution in [0.3, 0.4) is 0 Å². The van der Waals surface area contributed by atoms with Crippen LogP contribution in [0.1, 0.15) is 45.9 Å². The van der Waals surface area contributed by atoms with Crippen molar-refractivity contribution in [2.24, 2.45) is 5.41 Å². The largest absolute Gasteiger partial charge is 0.436 e. The summed E-state index contributed by atoms with van der Waals surface area (Å²) < 4.78 is 38.1. The van der Waals surface area contributed by atoms with Gasteiger partial charge in [-0.1, -0.05) is 26.0 Å². The zero-order valence-electron chi connectivity index (χ0n) is 9.84. The average molecular weight is 235 g/mol. The number of aromatic nitrogens is 3. The summed E-state index contributed by atoms with van der Waals surface area (Å²) in [6.45, 7) is 7.93. The van der Waals surface area contributed by atoms with E-state index in [0.29, 0.717) is 0 Å². The van der Waals surface area contributed by atoms with Crippen molar-refractivity contribution >= 4 is 0 Å². The van der Waals surface area contributed by atoms with Gasteiger partial charge in [0, 0.05) is 0 Å². The van der Waals surface area contributed by atoms with Crippen LogP contribution in [0, 0.1) is 5.41 Å². The van der Waals surface area contributed by atoms with Gasteiger partial charge in [-0.2, -0.15) is 13.2 Å². The zero-order chi connectivity index (χ0) is 12.6. The first-order chi connectivity index (χ1) is 7.09. The summed E-state index contributed by atoms with van der Waals surface area (Å²) >= 11 is 0. The lowest BCUT2D eigenvalue weighted by molar-refractivity contribution is -0.141. The molecule has 1 rings (SSSR count). The summed E-state index contributed by atoms with van der Waals surface area (Å²) in [5, 5.41) is 6.64. The maximum atomic E-state index is 12.3. The van der Waals surface area contributed by atoms with Crippen LogP contribution in [0.2, 0.25) is 0 Å². The Balaban J connectivity index is 2.79. The normalized spacial score (nSPS) is 15.2. The second-order valence-electron chi connectivity index (χ2n) is 5.20. The molecule has 0 fully saturated rings. The number of nitrogens with zero attached hydrogens (tertiary/aromatic N) is 3. The van der Waals surface area contributed by atoms with Gasteiger partial charge in [0.25, 0.3) is 0 Å². The van der Waals surface area contributed by atoms with E-state index in [1.165, 1.54) is 4.68 Å². The van der Waals surface area contributed by atoms with Crippen LogP contribution in [0.25, 0.3) is 0 Å². The second kappa shape index (κ2) is 4.07. The Morgan fingerprint density at radius 3 is 2.25 bits per heavy atom. The predicted octanol–water partition coefficient (Wildman–Crippen LogP) is 3.29. The van der Waals surface area contributed by atoms with Crippen LogP contribution in [-0.2, 0) is 6.18 Å². The van der Waals surface area contributed by atoms with Crippen molar-refractivity contribution in [1.82, 2.24) is 15.0 Å². The van der Waals surface area contributed by atoms with Crippen LogP contribution in [0.15, 0.2) is 6.20 Å². The smallest absolute Gasteiger partial charge is 0.249 e. The standard InChI is InChI=1S/C10H16F3N3/c1-7(5-9(2,3)4)16-6-8(14-15-16)10(11,12)13/h6-7H,5H2,1-4H3. The van der Waals surface area contributed by atoms with Crippen molar-refractivity contribution in [3.63, 3.8) is 0 Å². The Morgan fingerprint density at radius 2 is 1.88 bits per heavy atom. The fourth-order valence-corrected chi connectivity index (χ4v) is 1.60. The van der Waals surface area contributed by atoms with Crippen LogP contribution in [-0.4, -0.2) is 15.0 Å². The van der Waals surface area contributed by atoms with Gasteiger partial charge in [-0.3, -0.25) is 0 Å². The quantitative estimate of drug-likeness (QED) is 0.787. The Kier molecular flexibility index (Phi) is 3.30. The van der Waals surface area contributed by atoms with Gasteiger partial charge in [-0.05, 0) is 18.8 Å². The molecule has 0 N–H and O–H groups in total. The van der Waals surface area contributed by atoms with E-state index in [-0.39, 0.29) is 11.5 Å². The molecule has 0 aliphatic carbocycles. The monoisotopic (exact) mass is 235 g/mol. The van der Waals surface area contributed by atoms with Gasteiger partial charge < -0.3 is 0 Å². The molecule has 1 unspecified atom stereocenters. The molecule has 0 aliphatic rings. The average Bonchev–Trinajstić information content (AvgIpc) is 2.46. The number of hydrogen-bond acceptors (Lipinski definition) is 2. The molecule has 0 aliphatic heterocycles. The molecule has 1 aromatic heterocycles. The van der Waals surface area contributed by atoms with Gasteiger partial charge in [0.05, 0.1) is 12.2 Å². The van der Waals surface area contributed by atoms with Crippen molar-refractivity contribution < 1.29 is 13.2 Å². The molecule has 0 aromatic carbocycles. The molecule has 92 valence electrons. The molecule has 16 heavy (non-hydrogen) atoms. The molecule has 1 atom stereocenters. The zero-order valence-corrected chi connectivity index (χ0v) is 9.84. The molecule has 0 amide bonds. The van der Waals surface area contributed by atoms with Crippen molar-refractivity contribution in [3.8, 4) is 0 Å². The SMILES string of the molecule is CC(CC(C)(C)C)n1cc(C(F)(F)F)nn1. The molecule has 0 saturated carbocycles. The highest BCUT2D eigenvalue weighted by molar-refractivity contribution is 4.98. The molecule has 3 nitrogen and oxygen atoms in total. The third kappa shape index (κ3) is 3.50. The van der Waals surface area contributed by atoms with E-state index in [1.807, 2.05) is 27.7 Å². The lowest BCUT2D eigenvalue weighted by atomic mass is 9.89. The summed E-state index contributed by atoms with van der Waals surface area (Å²) in [4.78, 5) is 0. The van der Waals surface area contributed by atoms with E-state index in [0.717, 1.165) is 12.6 Å². The van der Waals surface area contributed by atoms with Gasteiger partial charge in [0.1, 0.15) is 0 Å². The number of alkyl halides is 3. The molecule has 0 bridgehead atoms. The lowest BCUT2D eigenvalue weighted by Crippen LogP contribution is -2.15. The molecule has 0 spiro atoms. The third-order valence-corrected chi connectivity index (χ3v) is 2.16. The Bertz CT molecular complexity index is 349. The van der Waals surface area contributed by atoms with Gasteiger partial charge in [0.15, 0.2) is 5.69 Å². The summed E-state index contributed by atoms with van der Waals surface area (Å²) in [6.07, 6.45) is -2.72. The molecule has 6 heteroatoms. The van der Waals surface area contributed by atoms with Gasteiger partial charge in [-0.25, -0.2) is 4.68 Å². The van der Waals surface area contributed by atoms with E-state index in [4.69, 9.17) is 0 Å². The Morgan fingerprint density at radius 1 is 1.31 bits per heavy atom. The minimum atomic E-state index is -4.42. The summed E-state index contributed by atoms with van der Waals surface area (Å²) in [5.41, 5.74) is -0.891. The summed E-state index contributed by atoms with van der Waals surface area (Å²) in [5.74, 6) is 0. The van der Waals surface area contributed by atoms with Crippen LogP contribution in [0.4, 0.5) is 13.2 Å². The van der Waals surface area contributed by atoms with Crippen molar-refractivity contribution in [2.75, 3.05) is 0 Å². The molecule has 1 heterocycles. The molecule has 0 saturated heterocycles. The van der Waals surface area contributed by atoms with Crippen molar-refractivity contribution in [2.45, 2.75) is 46.3 Å². The number of rotatable bonds is 2. The first-order valence-electron chi connectivity index (χ1n) is 5.08. The number of halogens is 3. The highest BCUT2D eigenvalue weighted by atomic mass is 19.4. The first-order valence-corrected chi connectivity index (χ1v) is 5.08. The fraction of sp³-hybridized carbons (Fsp3) is 0.800. The van der Waals surface area contributed by atoms with Crippen LogP contribution >= 0.6 is 0 Å². The maximum absolute atomic E-state index is 12.3. The maximum Gasteiger partial charge on any atom is 0.436 e. The van der Waals surface area contributed by atoms with E-state index in [9.17, 15) is 13.2 Å². The van der Waals surface area contributed by atoms with E-state index in [1.54, 1.807) is 0 Å². The fourth-order valence-electron chi connectivity index (χ4n) is 1.60. The number of hydrogen-bond donors (Lipinski definition) is 0. The minimum Gasteiger partial charge on any atom is -0.249 e. The van der Waals surface area contributed by atoms with Gasteiger partial charge in [-0.15, -0.1) is 5.10 Å². The highest BCUT2D eigenvalue weighted by Gasteiger charge is 2.35. The molecule has 0 radical (unpaired) electrons. The second-order valence-corrected chi connectivity index (χ2v) is 5.20. The minimum absolute atomic E-state index is 0.0454.